The molecule has 0 amide bonds. The van der Waals surface area contributed by atoms with Crippen LogP contribution in [0.15, 0.2) is 47.4 Å². The summed E-state index contributed by atoms with van der Waals surface area (Å²) in [5, 5.41) is 12.0. The summed E-state index contributed by atoms with van der Waals surface area (Å²) in [6.07, 6.45) is 4.48. The van der Waals surface area contributed by atoms with Gasteiger partial charge in [-0.2, -0.15) is 4.31 Å². The van der Waals surface area contributed by atoms with E-state index in [1.807, 2.05) is 29.2 Å². The van der Waals surface area contributed by atoms with Gasteiger partial charge in [0.1, 0.15) is 11.4 Å². The van der Waals surface area contributed by atoms with E-state index in [2.05, 4.69) is 4.90 Å². The fourth-order valence-corrected chi connectivity index (χ4v) is 6.26. The van der Waals surface area contributed by atoms with Crippen LogP contribution in [0.3, 0.4) is 0 Å². The van der Waals surface area contributed by atoms with Gasteiger partial charge in [0, 0.05) is 51.0 Å². The van der Waals surface area contributed by atoms with Crippen LogP contribution < -0.4 is 14.5 Å². The molecule has 0 aliphatic carbocycles. The summed E-state index contributed by atoms with van der Waals surface area (Å²) in [5.74, 6) is 0.797. The molecular weight excluding hydrogens is 456 g/mol. The monoisotopic (exact) mass is 488 g/mol. The number of sulfonamides is 1. The maximum Gasteiger partial charge on any atom is 0.293 e. The van der Waals surface area contributed by atoms with Gasteiger partial charge in [-0.05, 0) is 55.7 Å². The summed E-state index contributed by atoms with van der Waals surface area (Å²) in [4.78, 5) is 15.7. The standard InChI is InChI=1S/C24H32N4O5S/c1-33-21-9-7-20(8-10-21)25-13-6-14-26(18-17-25)23-12-11-22(19-24(23)28(29)30)34(31,32)27-15-4-2-3-5-16-27/h7-12,19H,2-6,13-18H2,1H3. The predicted octanol–water partition coefficient (Wildman–Crippen LogP) is 3.88. The summed E-state index contributed by atoms with van der Waals surface area (Å²) >= 11 is 0. The molecule has 0 bridgehead atoms. The number of rotatable bonds is 6. The van der Waals surface area contributed by atoms with Crippen LogP contribution in [0.1, 0.15) is 32.1 Å². The molecule has 0 radical (unpaired) electrons. The van der Waals surface area contributed by atoms with Gasteiger partial charge in [-0.1, -0.05) is 12.8 Å². The minimum Gasteiger partial charge on any atom is -0.497 e. The van der Waals surface area contributed by atoms with Crippen LogP contribution in [0.25, 0.3) is 0 Å². The second kappa shape index (κ2) is 10.6. The molecule has 9 nitrogen and oxygen atoms in total. The van der Waals surface area contributed by atoms with E-state index in [0.29, 0.717) is 38.4 Å². The summed E-state index contributed by atoms with van der Waals surface area (Å²) in [5.41, 5.74) is 1.39. The molecule has 0 N–H and O–H groups in total. The SMILES string of the molecule is COc1ccc(N2CCCN(c3ccc(S(=O)(=O)N4CCCCCC4)cc3[N+](=O)[O-])CC2)cc1. The maximum absolute atomic E-state index is 13.2. The van der Waals surface area contributed by atoms with Gasteiger partial charge in [-0.25, -0.2) is 8.42 Å². The first-order valence-corrected chi connectivity index (χ1v) is 13.3. The molecule has 2 saturated heterocycles. The third-order valence-electron chi connectivity index (χ3n) is 6.62. The van der Waals surface area contributed by atoms with Crippen LogP contribution in [0.4, 0.5) is 17.1 Å². The van der Waals surface area contributed by atoms with E-state index in [4.69, 9.17) is 4.74 Å². The van der Waals surface area contributed by atoms with Gasteiger partial charge in [0.05, 0.1) is 16.9 Å². The number of nitro groups is 1. The van der Waals surface area contributed by atoms with Crippen LogP contribution in [0.2, 0.25) is 0 Å². The first-order chi connectivity index (χ1) is 16.4. The zero-order valence-corrected chi connectivity index (χ0v) is 20.4. The molecule has 2 fully saturated rings. The highest BCUT2D eigenvalue weighted by atomic mass is 32.2. The Morgan fingerprint density at radius 1 is 0.824 bits per heavy atom. The molecule has 2 aliphatic heterocycles. The molecule has 0 spiro atoms. The smallest absolute Gasteiger partial charge is 0.293 e. The first-order valence-electron chi connectivity index (χ1n) is 11.8. The van der Waals surface area contributed by atoms with Crippen LogP contribution in [-0.2, 0) is 10.0 Å². The van der Waals surface area contributed by atoms with Crippen molar-refractivity contribution in [1.29, 1.82) is 0 Å². The number of methoxy groups -OCH3 is 1. The first kappa shape index (κ1) is 24.3. The second-order valence-electron chi connectivity index (χ2n) is 8.75. The van der Waals surface area contributed by atoms with E-state index in [9.17, 15) is 18.5 Å². The lowest BCUT2D eigenvalue weighted by Gasteiger charge is -2.25. The number of benzene rings is 2. The van der Waals surface area contributed by atoms with Gasteiger partial charge in [0.15, 0.2) is 0 Å². The molecule has 10 heteroatoms. The average Bonchev–Trinajstić information content (AvgIpc) is 3.28. The third kappa shape index (κ3) is 5.28. The number of ether oxygens (including phenoxy) is 1. The van der Waals surface area contributed by atoms with Crippen molar-refractivity contribution in [2.24, 2.45) is 0 Å². The third-order valence-corrected chi connectivity index (χ3v) is 8.52. The minimum atomic E-state index is -3.75. The van der Waals surface area contributed by atoms with E-state index in [0.717, 1.165) is 50.1 Å². The van der Waals surface area contributed by atoms with E-state index >= 15 is 0 Å². The Balaban J connectivity index is 1.55. The Morgan fingerprint density at radius 3 is 2.12 bits per heavy atom. The summed E-state index contributed by atoms with van der Waals surface area (Å²) in [7, 11) is -2.12. The van der Waals surface area contributed by atoms with E-state index in [1.54, 1.807) is 13.2 Å². The maximum atomic E-state index is 13.2. The summed E-state index contributed by atoms with van der Waals surface area (Å²) < 4.78 is 33.1. The highest BCUT2D eigenvalue weighted by Crippen LogP contribution is 2.33. The van der Waals surface area contributed by atoms with Gasteiger partial charge >= 0.3 is 0 Å². The molecule has 184 valence electrons. The molecule has 0 atom stereocenters. The highest BCUT2D eigenvalue weighted by molar-refractivity contribution is 7.89. The van der Waals surface area contributed by atoms with Crippen molar-refractivity contribution in [2.45, 2.75) is 37.0 Å². The highest BCUT2D eigenvalue weighted by Gasteiger charge is 2.29. The summed E-state index contributed by atoms with van der Waals surface area (Å²) in [6, 6.07) is 12.2. The van der Waals surface area contributed by atoms with Crippen LogP contribution >= 0.6 is 0 Å². The topological polar surface area (TPSA) is 96.2 Å². The van der Waals surface area contributed by atoms with Gasteiger partial charge in [0.2, 0.25) is 10.0 Å². The zero-order valence-electron chi connectivity index (χ0n) is 19.6. The molecule has 2 aromatic carbocycles. The van der Waals surface area contributed by atoms with Crippen molar-refractivity contribution in [3.8, 4) is 5.75 Å². The van der Waals surface area contributed by atoms with Gasteiger partial charge < -0.3 is 14.5 Å². The van der Waals surface area contributed by atoms with Gasteiger partial charge in [0.25, 0.3) is 5.69 Å². The molecule has 2 aromatic rings. The zero-order chi connectivity index (χ0) is 24.1. The van der Waals surface area contributed by atoms with Crippen molar-refractivity contribution < 1.29 is 18.1 Å². The molecule has 0 unspecified atom stereocenters. The lowest BCUT2D eigenvalue weighted by molar-refractivity contribution is -0.384. The van der Waals surface area contributed by atoms with Crippen molar-refractivity contribution in [2.75, 3.05) is 56.2 Å². The minimum absolute atomic E-state index is 0.000434. The molecule has 2 aliphatic rings. The van der Waals surface area contributed by atoms with Crippen LogP contribution in [0.5, 0.6) is 5.75 Å². The fourth-order valence-electron chi connectivity index (χ4n) is 4.72. The Morgan fingerprint density at radius 2 is 1.47 bits per heavy atom. The molecule has 4 rings (SSSR count). The lowest BCUT2D eigenvalue weighted by atomic mass is 10.2. The van der Waals surface area contributed by atoms with Crippen molar-refractivity contribution in [3.63, 3.8) is 0 Å². The molecule has 34 heavy (non-hydrogen) atoms. The number of hydrogen-bond acceptors (Lipinski definition) is 7. The Hall–Kier alpha value is -2.85. The second-order valence-corrected chi connectivity index (χ2v) is 10.7. The molecule has 0 saturated carbocycles. The molecule has 2 heterocycles. The van der Waals surface area contributed by atoms with Gasteiger partial charge in [-0.3, -0.25) is 10.1 Å². The molecular formula is C24H32N4O5S. The Bertz CT molecular complexity index is 1100. The lowest BCUT2D eigenvalue weighted by Crippen LogP contribution is -2.32. The van der Waals surface area contributed by atoms with E-state index < -0.39 is 14.9 Å². The number of nitrogens with zero attached hydrogens (tertiary/aromatic N) is 4. The van der Waals surface area contributed by atoms with Crippen molar-refractivity contribution in [3.05, 3.63) is 52.6 Å². The Kier molecular flexibility index (Phi) is 7.57. The average molecular weight is 489 g/mol. The van der Waals surface area contributed by atoms with Crippen LogP contribution in [0, 0.1) is 10.1 Å². The largest absolute Gasteiger partial charge is 0.497 e. The predicted molar refractivity (Wildman–Crippen MR) is 132 cm³/mol. The Labute approximate surface area is 201 Å². The van der Waals surface area contributed by atoms with Gasteiger partial charge in [-0.15, -0.1) is 0 Å². The summed E-state index contributed by atoms with van der Waals surface area (Å²) in [6.45, 7) is 3.72. The van der Waals surface area contributed by atoms with Crippen molar-refractivity contribution >= 4 is 27.1 Å². The number of anilines is 2. The van der Waals surface area contributed by atoms with E-state index in [-0.39, 0.29) is 10.6 Å². The van der Waals surface area contributed by atoms with E-state index in [1.165, 1.54) is 16.4 Å². The van der Waals surface area contributed by atoms with Crippen LogP contribution in [-0.4, -0.2) is 64.0 Å². The fraction of sp³-hybridized carbons (Fsp3) is 0.500. The quantitative estimate of drug-likeness (QED) is 0.450. The van der Waals surface area contributed by atoms with Crippen molar-refractivity contribution in [1.82, 2.24) is 4.31 Å². The molecule has 0 aromatic heterocycles. The number of nitro benzene ring substituents is 1. The normalized spacial score (nSPS) is 18.3. The number of hydrogen-bond donors (Lipinski definition) is 0.